The van der Waals surface area contributed by atoms with Crippen LogP contribution in [0.5, 0.6) is 5.75 Å². The van der Waals surface area contributed by atoms with Crippen LogP contribution in [0.4, 0.5) is 0 Å². The molecule has 1 aliphatic rings. The van der Waals surface area contributed by atoms with Crippen LogP contribution < -0.4 is 4.74 Å². The average molecular weight is 445 g/mol. The summed E-state index contributed by atoms with van der Waals surface area (Å²) in [6.07, 6.45) is 15.0. The highest BCUT2D eigenvalue weighted by Crippen LogP contribution is 2.21. The topological polar surface area (TPSA) is 42.4 Å². The molecule has 0 saturated heterocycles. The van der Waals surface area contributed by atoms with Gasteiger partial charge in [-0.3, -0.25) is 9.78 Å². The van der Waals surface area contributed by atoms with Crippen LogP contribution in [0.15, 0.2) is 84.5 Å². The molecule has 0 radical (unpaired) electrons. The highest BCUT2D eigenvalue weighted by Gasteiger charge is 2.14. The molecule has 1 aliphatic carbocycles. The average Bonchev–Trinajstić information content (AvgIpc) is 3.37. The largest absolute Gasteiger partial charge is 0.493 e. The maximum Gasteiger partial charge on any atom is 0.247 e. The maximum atomic E-state index is 13.0. The van der Waals surface area contributed by atoms with Gasteiger partial charge in [0.1, 0.15) is 5.75 Å². The van der Waals surface area contributed by atoms with Crippen LogP contribution in [-0.4, -0.2) is 22.4 Å². The Kier molecular flexibility index (Phi) is 7.88. The first kappa shape index (κ1) is 22.0. The van der Waals surface area contributed by atoms with Gasteiger partial charge >= 0.3 is 0 Å². The number of hydrogen-bond acceptors (Lipinski definition) is 4. The summed E-state index contributed by atoms with van der Waals surface area (Å²) in [5.41, 5.74) is 2.13. The molecule has 164 valence electrons. The third kappa shape index (κ3) is 6.66. The van der Waals surface area contributed by atoms with Crippen LogP contribution in [-0.2, 0) is 17.9 Å². The number of aromatic nitrogens is 1. The van der Waals surface area contributed by atoms with E-state index in [0.717, 1.165) is 41.2 Å². The molecule has 0 bridgehead atoms. The molecule has 2 aromatic heterocycles. The maximum absolute atomic E-state index is 13.0. The number of rotatable bonds is 9. The van der Waals surface area contributed by atoms with Gasteiger partial charge in [-0.05, 0) is 78.1 Å². The summed E-state index contributed by atoms with van der Waals surface area (Å²) in [7, 11) is 0. The molecule has 0 aliphatic heterocycles. The van der Waals surface area contributed by atoms with E-state index in [1.165, 1.54) is 6.42 Å². The molecule has 32 heavy (non-hydrogen) atoms. The fourth-order valence-corrected chi connectivity index (χ4v) is 4.32. The standard InChI is InChI=1S/C27H28N2O2S/c30-27(13-12-26-7-4-18-32-26)29(20-23-14-16-28-17-15-23)19-22-8-10-25(11-9-22)31-21-24-5-2-1-3-6-24/h1-2,4,7-18,24H,3,5-6,19-21H2/b13-12+/t24-/m0/s1. The van der Waals surface area contributed by atoms with E-state index in [4.69, 9.17) is 4.74 Å². The number of ether oxygens (including phenoxy) is 1. The first-order valence-electron chi connectivity index (χ1n) is 11.0. The first-order chi connectivity index (χ1) is 15.8. The predicted octanol–water partition coefficient (Wildman–Crippen LogP) is 6.12. The van der Waals surface area contributed by atoms with Gasteiger partial charge in [0.05, 0.1) is 6.61 Å². The minimum atomic E-state index is -0.0131. The van der Waals surface area contributed by atoms with Crippen molar-refractivity contribution in [2.45, 2.75) is 32.4 Å². The summed E-state index contributed by atoms with van der Waals surface area (Å²) in [5.74, 6) is 1.47. The molecule has 0 unspecified atom stereocenters. The van der Waals surface area contributed by atoms with Gasteiger partial charge in [0.25, 0.3) is 0 Å². The Morgan fingerprint density at radius 3 is 2.53 bits per heavy atom. The van der Waals surface area contributed by atoms with E-state index >= 15 is 0 Å². The van der Waals surface area contributed by atoms with Crippen molar-refractivity contribution in [3.05, 3.63) is 101 Å². The fraction of sp³-hybridized carbons (Fsp3) is 0.259. The number of hydrogen-bond donors (Lipinski definition) is 0. The Morgan fingerprint density at radius 2 is 1.84 bits per heavy atom. The molecule has 1 amide bonds. The van der Waals surface area contributed by atoms with Crippen LogP contribution in [0.2, 0.25) is 0 Å². The van der Waals surface area contributed by atoms with Crippen molar-refractivity contribution in [1.29, 1.82) is 0 Å². The third-order valence-corrected chi connectivity index (χ3v) is 6.37. The van der Waals surface area contributed by atoms with E-state index < -0.39 is 0 Å². The van der Waals surface area contributed by atoms with E-state index in [1.807, 2.05) is 64.9 Å². The van der Waals surface area contributed by atoms with E-state index in [0.29, 0.717) is 19.0 Å². The number of carbonyl (C=O) groups is 1. The highest BCUT2D eigenvalue weighted by atomic mass is 32.1. The molecule has 0 N–H and O–H groups in total. The highest BCUT2D eigenvalue weighted by molar-refractivity contribution is 7.10. The molecule has 2 heterocycles. The lowest BCUT2D eigenvalue weighted by Crippen LogP contribution is -2.28. The molecular weight excluding hydrogens is 416 g/mol. The molecule has 0 fully saturated rings. The van der Waals surface area contributed by atoms with Crippen molar-refractivity contribution < 1.29 is 9.53 Å². The van der Waals surface area contributed by atoms with Gasteiger partial charge in [-0.2, -0.15) is 0 Å². The number of thiophene rings is 1. The number of nitrogens with zero attached hydrogens (tertiary/aromatic N) is 2. The molecule has 0 spiro atoms. The van der Waals surface area contributed by atoms with E-state index in [1.54, 1.807) is 29.8 Å². The zero-order valence-corrected chi connectivity index (χ0v) is 18.9. The second-order valence-corrected chi connectivity index (χ2v) is 8.98. The minimum absolute atomic E-state index is 0.0131. The summed E-state index contributed by atoms with van der Waals surface area (Å²) in [5, 5.41) is 2.01. The van der Waals surface area contributed by atoms with Crippen molar-refractivity contribution in [1.82, 2.24) is 9.88 Å². The quantitative estimate of drug-likeness (QED) is 0.295. The Bertz CT molecular complexity index is 1030. The zero-order chi connectivity index (χ0) is 22.0. The number of allylic oxidation sites excluding steroid dienone is 2. The molecule has 4 rings (SSSR count). The summed E-state index contributed by atoms with van der Waals surface area (Å²) < 4.78 is 6.00. The van der Waals surface area contributed by atoms with Gasteiger partial charge in [0, 0.05) is 36.4 Å². The Labute approximate surface area is 193 Å². The van der Waals surface area contributed by atoms with Crippen molar-refractivity contribution in [3.8, 4) is 5.75 Å². The van der Waals surface area contributed by atoms with Crippen molar-refractivity contribution >= 4 is 23.3 Å². The first-order valence-corrected chi connectivity index (χ1v) is 11.9. The lowest BCUT2D eigenvalue weighted by atomic mass is 9.95. The van der Waals surface area contributed by atoms with Crippen LogP contribution in [0, 0.1) is 5.92 Å². The number of pyridine rings is 1. The van der Waals surface area contributed by atoms with Gasteiger partial charge in [0.15, 0.2) is 0 Å². The van der Waals surface area contributed by atoms with E-state index in [-0.39, 0.29) is 5.91 Å². The van der Waals surface area contributed by atoms with Gasteiger partial charge < -0.3 is 9.64 Å². The van der Waals surface area contributed by atoms with Crippen molar-refractivity contribution in [2.75, 3.05) is 6.61 Å². The summed E-state index contributed by atoms with van der Waals surface area (Å²) in [6.45, 7) is 1.82. The monoisotopic (exact) mass is 444 g/mol. The molecule has 4 nitrogen and oxygen atoms in total. The zero-order valence-electron chi connectivity index (χ0n) is 18.1. The van der Waals surface area contributed by atoms with Crippen LogP contribution in [0.1, 0.15) is 35.3 Å². The SMILES string of the molecule is O=C(/C=C/c1cccs1)N(Cc1ccncc1)Cc1ccc(OC[C@H]2CC=CCC2)cc1. The Balaban J connectivity index is 1.40. The molecular formula is C27H28N2O2S. The Morgan fingerprint density at radius 1 is 1.06 bits per heavy atom. The summed E-state index contributed by atoms with van der Waals surface area (Å²) in [6, 6.07) is 16.0. The Hall–Kier alpha value is -3.18. The number of carbonyl (C=O) groups excluding carboxylic acids is 1. The predicted molar refractivity (Wildman–Crippen MR) is 130 cm³/mol. The second kappa shape index (κ2) is 11.4. The molecule has 1 atom stereocenters. The molecule has 0 saturated carbocycles. The van der Waals surface area contributed by atoms with Gasteiger partial charge in [-0.25, -0.2) is 0 Å². The van der Waals surface area contributed by atoms with Gasteiger partial charge in [-0.1, -0.05) is 30.4 Å². The third-order valence-electron chi connectivity index (χ3n) is 5.53. The van der Waals surface area contributed by atoms with E-state index in [9.17, 15) is 4.79 Å². The molecule has 1 aromatic carbocycles. The van der Waals surface area contributed by atoms with Crippen molar-refractivity contribution in [2.24, 2.45) is 5.92 Å². The van der Waals surface area contributed by atoms with Crippen LogP contribution >= 0.6 is 11.3 Å². The molecule has 5 heteroatoms. The fourth-order valence-electron chi connectivity index (χ4n) is 3.70. The van der Waals surface area contributed by atoms with E-state index in [2.05, 4.69) is 17.1 Å². The summed E-state index contributed by atoms with van der Waals surface area (Å²) >= 11 is 1.62. The number of amides is 1. The van der Waals surface area contributed by atoms with Gasteiger partial charge in [-0.15, -0.1) is 11.3 Å². The van der Waals surface area contributed by atoms with Gasteiger partial charge in [0.2, 0.25) is 5.91 Å². The smallest absolute Gasteiger partial charge is 0.247 e. The van der Waals surface area contributed by atoms with Crippen LogP contribution in [0.3, 0.4) is 0 Å². The summed E-state index contributed by atoms with van der Waals surface area (Å²) in [4.78, 5) is 20.0. The lowest BCUT2D eigenvalue weighted by Gasteiger charge is -2.22. The minimum Gasteiger partial charge on any atom is -0.493 e. The van der Waals surface area contributed by atoms with Crippen molar-refractivity contribution in [3.63, 3.8) is 0 Å². The molecule has 3 aromatic rings. The lowest BCUT2D eigenvalue weighted by molar-refractivity contribution is -0.127. The van der Waals surface area contributed by atoms with Crippen LogP contribution in [0.25, 0.3) is 6.08 Å². The second-order valence-electron chi connectivity index (χ2n) is 8.00. The number of benzene rings is 1. The normalized spacial score (nSPS) is 15.7.